The minimum atomic E-state index is -0.770. The van der Waals surface area contributed by atoms with Crippen LogP contribution in [0.4, 0.5) is 13.2 Å². The van der Waals surface area contributed by atoms with Gasteiger partial charge in [0.05, 0.1) is 25.7 Å². The van der Waals surface area contributed by atoms with Crippen LogP contribution in [-0.4, -0.2) is 9.55 Å². The summed E-state index contributed by atoms with van der Waals surface area (Å²) >= 11 is 11.2. The molecule has 8 heteroatoms. The smallest absolute Gasteiger partial charge is 0.182 e. The van der Waals surface area contributed by atoms with E-state index in [1.54, 1.807) is 0 Å². The molecule has 0 fully saturated rings. The number of hydrogen-bond donors (Lipinski definition) is 1. The Bertz CT molecular complexity index is 933. The Morgan fingerprint density at radius 2 is 1.52 bits per heavy atom. The molecular formula is C13H5Br2F3N2S. The number of imidazole rings is 1. The van der Waals surface area contributed by atoms with Crippen LogP contribution in [0, 0.1) is 22.2 Å². The molecule has 2 aromatic carbocycles. The third-order valence-corrected chi connectivity index (χ3v) is 4.45. The molecule has 0 bridgehead atoms. The van der Waals surface area contributed by atoms with Crippen LogP contribution in [0.15, 0.2) is 33.2 Å². The summed E-state index contributed by atoms with van der Waals surface area (Å²) in [5, 5.41) is 0. The number of aromatic nitrogens is 2. The van der Waals surface area contributed by atoms with Gasteiger partial charge in [-0.15, -0.1) is 0 Å². The average molecular weight is 438 g/mol. The Balaban J connectivity index is 2.40. The number of fused-ring (bicyclic) bond motifs is 1. The number of aromatic amines is 1. The van der Waals surface area contributed by atoms with Crippen molar-refractivity contribution in [1.82, 2.24) is 9.55 Å². The Kier molecular flexibility index (Phi) is 3.71. The van der Waals surface area contributed by atoms with Gasteiger partial charge in [0.25, 0.3) is 0 Å². The molecule has 0 unspecified atom stereocenters. The van der Waals surface area contributed by atoms with Crippen LogP contribution in [0.1, 0.15) is 0 Å². The standard InChI is InChI=1S/C13H5Br2F3N2S/c14-5-1-11(9(18)3-7(5)16)20-12-2-6(15)8(17)4-10(12)19-13(20)21/h1-4H,(H,19,21). The first-order valence-electron chi connectivity index (χ1n) is 5.63. The first-order valence-corrected chi connectivity index (χ1v) is 7.62. The topological polar surface area (TPSA) is 20.7 Å². The first-order chi connectivity index (χ1) is 9.88. The minimum Gasteiger partial charge on any atom is -0.330 e. The van der Waals surface area contributed by atoms with Gasteiger partial charge >= 0.3 is 0 Å². The van der Waals surface area contributed by atoms with E-state index in [4.69, 9.17) is 12.2 Å². The van der Waals surface area contributed by atoms with Gasteiger partial charge in [0.1, 0.15) is 17.5 Å². The molecular weight excluding hydrogens is 433 g/mol. The predicted molar refractivity (Wildman–Crippen MR) is 83.7 cm³/mol. The van der Waals surface area contributed by atoms with Crippen molar-refractivity contribution in [3.63, 3.8) is 0 Å². The van der Waals surface area contributed by atoms with Crippen molar-refractivity contribution in [3.05, 3.63) is 55.4 Å². The van der Waals surface area contributed by atoms with Gasteiger partial charge in [-0.05, 0) is 56.2 Å². The van der Waals surface area contributed by atoms with Crippen molar-refractivity contribution in [3.8, 4) is 5.69 Å². The van der Waals surface area contributed by atoms with E-state index in [0.717, 1.165) is 6.07 Å². The van der Waals surface area contributed by atoms with Gasteiger partial charge in [0.15, 0.2) is 4.77 Å². The van der Waals surface area contributed by atoms with E-state index in [1.165, 1.54) is 22.8 Å². The SMILES string of the molecule is Fc1cc(F)c(-n2c(=S)[nH]c3cc(F)c(Br)cc32)cc1Br. The van der Waals surface area contributed by atoms with E-state index in [1.807, 2.05) is 0 Å². The Morgan fingerprint density at radius 1 is 0.905 bits per heavy atom. The number of hydrogen-bond acceptors (Lipinski definition) is 1. The highest BCUT2D eigenvalue weighted by molar-refractivity contribution is 9.10. The molecule has 108 valence electrons. The molecule has 0 aliphatic rings. The van der Waals surface area contributed by atoms with Crippen LogP contribution in [0.2, 0.25) is 0 Å². The fourth-order valence-electron chi connectivity index (χ4n) is 2.02. The third kappa shape index (κ3) is 2.45. The maximum atomic E-state index is 14.1. The van der Waals surface area contributed by atoms with Crippen molar-refractivity contribution < 1.29 is 13.2 Å². The van der Waals surface area contributed by atoms with Crippen LogP contribution in [0.25, 0.3) is 16.7 Å². The molecule has 21 heavy (non-hydrogen) atoms. The van der Waals surface area contributed by atoms with Gasteiger partial charge in [-0.25, -0.2) is 13.2 Å². The predicted octanol–water partition coefficient (Wildman–Crippen LogP) is 5.63. The minimum absolute atomic E-state index is 0.0676. The molecule has 3 rings (SSSR count). The molecule has 0 aliphatic heterocycles. The number of nitrogens with zero attached hydrogens (tertiary/aromatic N) is 1. The van der Waals surface area contributed by atoms with Crippen molar-refractivity contribution in [2.45, 2.75) is 0 Å². The summed E-state index contributed by atoms with van der Waals surface area (Å²) in [6, 6.07) is 4.78. The van der Waals surface area contributed by atoms with Crippen molar-refractivity contribution in [2.24, 2.45) is 0 Å². The Labute approximate surface area is 138 Å². The third-order valence-electron chi connectivity index (χ3n) is 2.95. The highest BCUT2D eigenvalue weighted by Crippen LogP contribution is 2.29. The van der Waals surface area contributed by atoms with E-state index in [9.17, 15) is 13.2 Å². The molecule has 0 radical (unpaired) electrons. The van der Waals surface area contributed by atoms with Crippen molar-refractivity contribution >= 4 is 55.1 Å². The van der Waals surface area contributed by atoms with Crippen LogP contribution >= 0.6 is 44.1 Å². The van der Waals surface area contributed by atoms with Crippen LogP contribution in [0.5, 0.6) is 0 Å². The summed E-state index contributed by atoms with van der Waals surface area (Å²) in [7, 11) is 0. The molecule has 3 aromatic rings. The maximum absolute atomic E-state index is 14.1. The highest BCUT2D eigenvalue weighted by Gasteiger charge is 2.15. The zero-order chi connectivity index (χ0) is 15.3. The van der Waals surface area contributed by atoms with Crippen LogP contribution < -0.4 is 0 Å². The van der Waals surface area contributed by atoms with Crippen LogP contribution in [0.3, 0.4) is 0 Å². The van der Waals surface area contributed by atoms with Gasteiger partial charge < -0.3 is 4.98 Å². The monoisotopic (exact) mass is 436 g/mol. The first kappa shape index (κ1) is 14.8. The number of halogens is 5. The number of nitrogens with one attached hydrogen (secondary N) is 1. The summed E-state index contributed by atoms with van der Waals surface area (Å²) in [5.41, 5.74) is 0.962. The van der Waals surface area contributed by atoms with E-state index in [0.29, 0.717) is 11.0 Å². The molecule has 0 atom stereocenters. The van der Waals surface area contributed by atoms with E-state index >= 15 is 0 Å². The van der Waals surface area contributed by atoms with Crippen LogP contribution in [-0.2, 0) is 0 Å². The average Bonchev–Trinajstić information content (AvgIpc) is 2.70. The largest absolute Gasteiger partial charge is 0.330 e. The van der Waals surface area contributed by atoms with Crippen molar-refractivity contribution in [1.29, 1.82) is 0 Å². The summed E-state index contributed by atoms with van der Waals surface area (Å²) in [5.74, 6) is -1.95. The summed E-state index contributed by atoms with van der Waals surface area (Å²) in [6.07, 6.45) is 0. The maximum Gasteiger partial charge on any atom is 0.182 e. The number of benzene rings is 2. The molecule has 1 heterocycles. The molecule has 0 amide bonds. The van der Waals surface area contributed by atoms with Gasteiger partial charge in [0.2, 0.25) is 0 Å². The Hall–Kier alpha value is -1.12. The lowest BCUT2D eigenvalue weighted by Crippen LogP contribution is -1.99. The van der Waals surface area contributed by atoms with Gasteiger partial charge in [-0.3, -0.25) is 4.57 Å². The lowest BCUT2D eigenvalue weighted by molar-refractivity contribution is 0.574. The second-order valence-corrected chi connectivity index (χ2v) is 6.36. The van der Waals surface area contributed by atoms with E-state index in [-0.39, 0.29) is 19.4 Å². The molecule has 0 aliphatic carbocycles. The summed E-state index contributed by atoms with van der Waals surface area (Å²) in [6.45, 7) is 0. The van der Waals surface area contributed by atoms with Gasteiger partial charge in [-0.2, -0.15) is 0 Å². The van der Waals surface area contributed by atoms with E-state index < -0.39 is 17.5 Å². The molecule has 1 aromatic heterocycles. The second kappa shape index (κ2) is 5.26. The quantitative estimate of drug-likeness (QED) is 0.386. The molecule has 0 spiro atoms. The molecule has 0 saturated carbocycles. The number of H-pyrrole nitrogens is 1. The van der Waals surface area contributed by atoms with Gasteiger partial charge in [-0.1, -0.05) is 0 Å². The summed E-state index contributed by atoms with van der Waals surface area (Å²) in [4.78, 5) is 2.80. The lowest BCUT2D eigenvalue weighted by Gasteiger charge is -2.08. The molecule has 1 N–H and O–H groups in total. The molecule has 0 saturated heterocycles. The van der Waals surface area contributed by atoms with Gasteiger partial charge in [0, 0.05) is 12.1 Å². The molecule has 2 nitrogen and oxygen atoms in total. The Morgan fingerprint density at radius 3 is 2.24 bits per heavy atom. The fraction of sp³-hybridized carbons (Fsp3) is 0. The zero-order valence-corrected chi connectivity index (χ0v) is 14.0. The summed E-state index contributed by atoms with van der Waals surface area (Å²) < 4.78 is 42.8. The number of rotatable bonds is 1. The lowest BCUT2D eigenvalue weighted by atomic mass is 10.2. The zero-order valence-electron chi connectivity index (χ0n) is 10.1. The normalized spacial score (nSPS) is 11.3. The van der Waals surface area contributed by atoms with Crippen molar-refractivity contribution in [2.75, 3.05) is 0 Å². The highest BCUT2D eigenvalue weighted by atomic mass is 79.9. The van der Waals surface area contributed by atoms with E-state index in [2.05, 4.69) is 36.8 Å². The second-order valence-electron chi connectivity index (χ2n) is 4.27. The fourth-order valence-corrected chi connectivity index (χ4v) is 2.99.